The van der Waals surface area contributed by atoms with E-state index in [1.165, 1.54) is 7.11 Å². The van der Waals surface area contributed by atoms with Crippen LogP contribution in [-0.2, 0) is 14.3 Å². The molecule has 0 aliphatic carbocycles. The summed E-state index contributed by atoms with van der Waals surface area (Å²) in [6.45, 7) is 7.06. The molecule has 0 fully saturated rings. The fraction of sp³-hybridized carbons (Fsp3) is 0.375. The number of hydrogen-bond acceptors (Lipinski definition) is 7. The summed E-state index contributed by atoms with van der Waals surface area (Å²) in [5.41, 5.74) is 1.64. The molecule has 0 saturated carbocycles. The lowest BCUT2D eigenvalue weighted by Gasteiger charge is -2.24. The second-order valence-corrected chi connectivity index (χ2v) is 9.35. The van der Waals surface area contributed by atoms with Crippen LogP contribution in [0.2, 0.25) is 5.15 Å². The molecule has 186 valence electrons. The van der Waals surface area contributed by atoms with Crippen LogP contribution >= 0.6 is 11.6 Å². The summed E-state index contributed by atoms with van der Waals surface area (Å²) in [7, 11) is 1.26. The van der Waals surface area contributed by atoms with E-state index in [1.807, 2.05) is 0 Å². The largest absolute Gasteiger partial charge is 0.453 e. The topological polar surface area (TPSA) is 132 Å². The number of methoxy groups -OCH3 is 1. The number of benzene rings is 1. The van der Waals surface area contributed by atoms with Gasteiger partial charge in [-0.25, -0.2) is 9.59 Å². The van der Waals surface area contributed by atoms with Crippen LogP contribution in [0.5, 0.6) is 0 Å². The Hall–Kier alpha value is -3.66. The SMILES string of the molecule is COC(=O)Nc1ccc2c(c1)NC(=O)C(C)/C=C/C[C@H](NC(=O)OC(C)(C)C)c1cc-2nnc1Cl. The van der Waals surface area contributed by atoms with Gasteiger partial charge in [-0.2, -0.15) is 0 Å². The van der Waals surface area contributed by atoms with Crippen molar-refractivity contribution in [3.8, 4) is 11.3 Å². The van der Waals surface area contributed by atoms with Crippen molar-refractivity contribution in [3.63, 3.8) is 0 Å². The summed E-state index contributed by atoms with van der Waals surface area (Å²) in [6.07, 6.45) is 2.62. The lowest BCUT2D eigenvalue weighted by Crippen LogP contribution is -2.35. The first kappa shape index (κ1) is 26.0. The minimum Gasteiger partial charge on any atom is -0.453 e. The number of aromatic nitrogens is 2. The van der Waals surface area contributed by atoms with E-state index in [0.29, 0.717) is 34.6 Å². The van der Waals surface area contributed by atoms with Gasteiger partial charge in [-0.1, -0.05) is 30.7 Å². The van der Waals surface area contributed by atoms with Gasteiger partial charge >= 0.3 is 12.2 Å². The molecular weight excluding hydrogens is 474 g/mol. The molecule has 1 unspecified atom stereocenters. The molecule has 3 rings (SSSR count). The van der Waals surface area contributed by atoms with Gasteiger partial charge in [0, 0.05) is 16.8 Å². The summed E-state index contributed by atoms with van der Waals surface area (Å²) < 4.78 is 10.1. The fourth-order valence-corrected chi connectivity index (χ4v) is 3.58. The number of hydrogen-bond donors (Lipinski definition) is 3. The Morgan fingerprint density at radius 2 is 1.91 bits per heavy atom. The number of anilines is 2. The van der Waals surface area contributed by atoms with Gasteiger partial charge < -0.3 is 20.1 Å². The van der Waals surface area contributed by atoms with Crippen LogP contribution in [-0.4, -0.2) is 41.0 Å². The van der Waals surface area contributed by atoms with Crippen molar-refractivity contribution in [1.29, 1.82) is 0 Å². The number of fused-ring (bicyclic) bond motifs is 4. The lowest BCUT2D eigenvalue weighted by molar-refractivity contribution is -0.118. The van der Waals surface area contributed by atoms with Crippen molar-refractivity contribution in [3.05, 3.63) is 47.1 Å². The predicted molar refractivity (Wildman–Crippen MR) is 132 cm³/mol. The van der Waals surface area contributed by atoms with Crippen LogP contribution in [0, 0.1) is 5.92 Å². The van der Waals surface area contributed by atoms with Crippen molar-refractivity contribution in [2.24, 2.45) is 5.92 Å². The maximum Gasteiger partial charge on any atom is 0.411 e. The molecule has 0 spiro atoms. The molecule has 0 saturated heterocycles. The van der Waals surface area contributed by atoms with E-state index in [1.54, 1.807) is 64.1 Å². The standard InChI is InChI=1S/C24H28ClN5O5/c1-13-7-6-8-17(28-23(33)35-24(2,3)4)16-12-19(29-30-20(16)25)15-10-9-14(26-22(32)34-5)11-18(15)27-21(13)31/h6-7,9-13,17H,8H2,1-5H3,(H,26,32)(H,27,31)(H,28,33)/b7-6+/t13?,17-/m0/s1. The molecule has 35 heavy (non-hydrogen) atoms. The van der Waals surface area contributed by atoms with Gasteiger partial charge in [0.2, 0.25) is 5.91 Å². The number of carbonyl (C=O) groups is 3. The third-order valence-corrected chi connectivity index (χ3v) is 5.33. The molecule has 10 nitrogen and oxygen atoms in total. The van der Waals surface area contributed by atoms with Gasteiger partial charge in [-0.15, -0.1) is 10.2 Å². The molecule has 1 aromatic heterocycles. The quantitative estimate of drug-likeness (QED) is 0.489. The number of carbonyl (C=O) groups excluding carboxylic acids is 3. The fourth-order valence-electron chi connectivity index (χ4n) is 3.35. The highest BCUT2D eigenvalue weighted by atomic mass is 35.5. The molecule has 2 bridgehead atoms. The van der Waals surface area contributed by atoms with Crippen LogP contribution in [0.4, 0.5) is 21.0 Å². The molecule has 11 heteroatoms. The van der Waals surface area contributed by atoms with E-state index in [4.69, 9.17) is 16.3 Å². The van der Waals surface area contributed by atoms with Crippen molar-refractivity contribution in [1.82, 2.24) is 15.5 Å². The Morgan fingerprint density at radius 3 is 2.60 bits per heavy atom. The lowest BCUT2D eigenvalue weighted by atomic mass is 9.99. The second-order valence-electron chi connectivity index (χ2n) is 8.99. The van der Waals surface area contributed by atoms with Crippen molar-refractivity contribution in [2.45, 2.75) is 45.8 Å². The number of halogens is 1. The number of rotatable bonds is 2. The molecule has 1 aliphatic heterocycles. The van der Waals surface area contributed by atoms with E-state index in [0.717, 1.165) is 0 Å². The maximum absolute atomic E-state index is 12.9. The second kappa shape index (κ2) is 10.7. The summed E-state index contributed by atoms with van der Waals surface area (Å²) in [5.74, 6) is -0.751. The maximum atomic E-state index is 12.9. The first-order valence-corrected chi connectivity index (χ1v) is 11.3. The van der Waals surface area contributed by atoms with E-state index in [9.17, 15) is 14.4 Å². The van der Waals surface area contributed by atoms with Gasteiger partial charge in [0.15, 0.2) is 5.15 Å². The van der Waals surface area contributed by atoms with Crippen LogP contribution in [0.3, 0.4) is 0 Å². The number of amides is 3. The van der Waals surface area contributed by atoms with E-state index >= 15 is 0 Å². The Labute approximate surface area is 208 Å². The molecule has 2 aromatic rings. The predicted octanol–water partition coefficient (Wildman–Crippen LogP) is 5.08. The highest BCUT2D eigenvalue weighted by Gasteiger charge is 2.24. The highest BCUT2D eigenvalue weighted by molar-refractivity contribution is 6.30. The number of nitrogens with one attached hydrogen (secondary N) is 3. The average Bonchev–Trinajstić information content (AvgIpc) is 2.77. The molecule has 1 aromatic carbocycles. The smallest absolute Gasteiger partial charge is 0.411 e. The van der Waals surface area contributed by atoms with Gasteiger partial charge in [0.1, 0.15) is 5.60 Å². The number of alkyl carbamates (subject to hydrolysis) is 1. The minimum absolute atomic E-state index is 0.128. The van der Waals surface area contributed by atoms with Crippen LogP contribution in [0.15, 0.2) is 36.4 Å². The first-order chi connectivity index (χ1) is 16.5. The van der Waals surface area contributed by atoms with Crippen molar-refractivity contribution >= 4 is 41.1 Å². The molecule has 2 heterocycles. The van der Waals surface area contributed by atoms with E-state index in [-0.39, 0.29) is 11.1 Å². The van der Waals surface area contributed by atoms with Crippen LogP contribution < -0.4 is 16.0 Å². The zero-order chi connectivity index (χ0) is 25.8. The Kier molecular flexibility index (Phi) is 7.96. The van der Waals surface area contributed by atoms with Crippen molar-refractivity contribution < 1.29 is 23.9 Å². The summed E-state index contributed by atoms with van der Waals surface area (Å²) >= 11 is 6.39. The van der Waals surface area contributed by atoms with E-state index in [2.05, 4.69) is 30.9 Å². The Bertz CT molecular complexity index is 1160. The zero-order valence-electron chi connectivity index (χ0n) is 20.1. The Morgan fingerprint density at radius 1 is 1.17 bits per heavy atom. The van der Waals surface area contributed by atoms with Crippen LogP contribution in [0.1, 0.15) is 45.7 Å². The molecule has 1 aliphatic rings. The summed E-state index contributed by atoms with van der Waals surface area (Å²) in [6, 6.07) is 6.04. The zero-order valence-corrected chi connectivity index (χ0v) is 20.9. The highest BCUT2D eigenvalue weighted by Crippen LogP contribution is 2.34. The van der Waals surface area contributed by atoms with Crippen molar-refractivity contribution in [2.75, 3.05) is 17.7 Å². The molecule has 3 N–H and O–H groups in total. The number of nitrogens with zero attached hydrogens (tertiary/aromatic N) is 2. The molecule has 0 radical (unpaired) electrons. The van der Waals surface area contributed by atoms with Gasteiger partial charge in [0.05, 0.1) is 30.5 Å². The van der Waals surface area contributed by atoms with Gasteiger partial charge in [0.25, 0.3) is 0 Å². The minimum atomic E-state index is -0.682. The summed E-state index contributed by atoms with van der Waals surface area (Å²) in [4.78, 5) is 37.0. The normalized spacial score (nSPS) is 18.6. The monoisotopic (exact) mass is 501 g/mol. The average molecular weight is 502 g/mol. The first-order valence-electron chi connectivity index (χ1n) is 11.0. The molecule has 2 atom stereocenters. The van der Waals surface area contributed by atoms with Crippen LogP contribution in [0.25, 0.3) is 11.3 Å². The third-order valence-electron chi connectivity index (χ3n) is 5.04. The molecular formula is C24H28ClN5O5. The summed E-state index contributed by atoms with van der Waals surface area (Å²) in [5, 5.41) is 16.7. The Balaban J connectivity index is 2.09. The molecule has 3 amide bonds. The third kappa shape index (κ3) is 6.92. The van der Waals surface area contributed by atoms with Gasteiger partial charge in [-0.05, 0) is 51.5 Å². The van der Waals surface area contributed by atoms with Gasteiger partial charge in [-0.3, -0.25) is 10.1 Å². The number of ether oxygens (including phenoxy) is 2. The van der Waals surface area contributed by atoms with E-state index < -0.39 is 29.7 Å².